The number of anilines is 1. The number of amides is 1. The number of thioether (sulfide) groups is 1. The molecule has 20 heavy (non-hydrogen) atoms. The van der Waals surface area contributed by atoms with E-state index in [4.69, 9.17) is 0 Å². The lowest BCUT2D eigenvalue weighted by atomic mass is 10.2. The minimum Gasteiger partial charge on any atom is -0.370 e. The summed E-state index contributed by atoms with van der Waals surface area (Å²) in [4.78, 5) is 15.5. The van der Waals surface area contributed by atoms with Crippen molar-refractivity contribution in [1.29, 1.82) is 0 Å². The van der Waals surface area contributed by atoms with Crippen LogP contribution in [-0.2, 0) is 0 Å². The number of hydrogen-bond donors (Lipinski definition) is 2. The first-order chi connectivity index (χ1) is 9.33. The van der Waals surface area contributed by atoms with Crippen LogP contribution in [0.4, 0.5) is 23.4 Å². The molecule has 0 spiro atoms. The summed E-state index contributed by atoms with van der Waals surface area (Å²) in [7, 11) is 0. The number of nitrogens with one attached hydrogen (secondary N) is 2. The van der Waals surface area contributed by atoms with Crippen molar-refractivity contribution in [2.75, 3.05) is 24.2 Å². The maximum Gasteiger partial charge on any atom is 0.441 e. The van der Waals surface area contributed by atoms with E-state index in [9.17, 15) is 22.4 Å². The third-order valence-corrected chi connectivity index (χ3v) is 2.83. The lowest BCUT2D eigenvalue weighted by Crippen LogP contribution is -2.27. The number of aromatic nitrogens is 1. The molecular weight excluding hydrogens is 298 g/mol. The molecule has 0 radical (unpaired) electrons. The van der Waals surface area contributed by atoms with Crippen LogP contribution in [0.1, 0.15) is 17.3 Å². The Labute approximate surface area is 117 Å². The van der Waals surface area contributed by atoms with E-state index >= 15 is 0 Å². The second-order valence-electron chi connectivity index (χ2n) is 3.63. The molecule has 1 heterocycles. The van der Waals surface area contributed by atoms with Gasteiger partial charge in [0.1, 0.15) is 11.6 Å². The molecule has 0 bridgehead atoms. The summed E-state index contributed by atoms with van der Waals surface area (Å²) in [6.45, 7) is 2.07. The van der Waals surface area contributed by atoms with Gasteiger partial charge in [0.05, 0.1) is 11.8 Å². The number of halogens is 4. The number of hydrogen-bond acceptors (Lipinski definition) is 4. The Morgan fingerprint density at radius 1 is 1.45 bits per heavy atom. The molecule has 0 unspecified atom stereocenters. The van der Waals surface area contributed by atoms with Gasteiger partial charge in [0.25, 0.3) is 5.91 Å². The number of rotatable bonds is 6. The normalized spacial score (nSPS) is 11.2. The van der Waals surface area contributed by atoms with Gasteiger partial charge in [-0.1, -0.05) is 0 Å². The van der Waals surface area contributed by atoms with E-state index in [1.807, 2.05) is 0 Å². The monoisotopic (exact) mass is 311 g/mol. The molecule has 0 aliphatic carbocycles. The van der Waals surface area contributed by atoms with E-state index in [1.54, 1.807) is 6.92 Å². The minimum absolute atomic E-state index is 0.0381. The summed E-state index contributed by atoms with van der Waals surface area (Å²) in [5.74, 6) is -1.48. The molecule has 0 aliphatic heterocycles. The van der Waals surface area contributed by atoms with Gasteiger partial charge in [0, 0.05) is 18.8 Å². The highest BCUT2D eigenvalue weighted by Gasteiger charge is 2.27. The Balaban J connectivity index is 2.60. The first-order valence-electron chi connectivity index (χ1n) is 5.71. The van der Waals surface area contributed by atoms with Crippen molar-refractivity contribution >= 4 is 23.5 Å². The van der Waals surface area contributed by atoms with Gasteiger partial charge in [0.2, 0.25) is 0 Å². The molecule has 0 aromatic carbocycles. The predicted octanol–water partition coefficient (Wildman–Crippen LogP) is 2.64. The van der Waals surface area contributed by atoms with E-state index in [0.29, 0.717) is 6.54 Å². The Bertz CT molecular complexity index is 467. The lowest BCUT2D eigenvalue weighted by Gasteiger charge is -2.10. The van der Waals surface area contributed by atoms with E-state index < -0.39 is 17.2 Å². The van der Waals surface area contributed by atoms with Crippen molar-refractivity contribution in [1.82, 2.24) is 10.3 Å². The molecule has 0 saturated heterocycles. The fourth-order valence-electron chi connectivity index (χ4n) is 1.35. The van der Waals surface area contributed by atoms with Crippen molar-refractivity contribution in [2.24, 2.45) is 0 Å². The molecule has 0 saturated carbocycles. The zero-order valence-corrected chi connectivity index (χ0v) is 11.4. The average Bonchev–Trinajstić information content (AvgIpc) is 2.35. The molecule has 0 fully saturated rings. The number of alkyl halides is 3. The third-order valence-electron chi connectivity index (χ3n) is 2.10. The average molecular weight is 311 g/mol. The fourth-order valence-corrected chi connectivity index (χ4v) is 1.78. The molecule has 9 heteroatoms. The van der Waals surface area contributed by atoms with Gasteiger partial charge >= 0.3 is 5.51 Å². The van der Waals surface area contributed by atoms with Crippen molar-refractivity contribution in [2.45, 2.75) is 12.4 Å². The fraction of sp³-hybridized carbons (Fsp3) is 0.455. The summed E-state index contributed by atoms with van der Waals surface area (Å²) < 4.78 is 48.8. The van der Waals surface area contributed by atoms with Gasteiger partial charge in [-0.05, 0) is 24.8 Å². The van der Waals surface area contributed by atoms with Crippen LogP contribution in [0.5, 0.6) is 0 Å². The predicted molar refractivity (Wildman–Crippen MR) is 69.2 cm³/mol. The van der Waals surface area contributed by atoms with Gasteiger partial charge in [-0.15, -0.1) is 0 Å². The molecular formula is C11H13F4N3OS. The van der Waals surface area contributed by atoms with Gasteiger partial charge in [-0.25, -0.2) is 9.37 Å². The molecule has 4 nitrogen and oxygen atoms in total. The molecule has 112 valence electrons. The maximum absolute atomic E-state index is 13.1. The second kappa shape index (κ2) is 7.32. The standard InChI is InChI=1S/C11H13F4N3OS/c1-2-16-9-8(5-7(12)6-18-9)10(19)17-3-4-20-11(13,14)15/h5-6H,2-4H2,1H3,(H,16,18)(H,17,19). The Kier molecular flexibility index (Phi) is 6.05. The molecule has 1 amide bonds. The minimum atomic E-state index is -4.33. The third kappa shape index (κ3) is 5.64. The first-order valence-corrected chi connectivity index (χ1v) is 6.70. The smallest absolute Gasteiger partial charge is 0.370 e. The number of carbonyl (C=O) groups excluding carboxylic acids is 1. The van der Waals surface area contributed by atoms with Gasteiger partial charge in [-0.2, -0.15) is 13.2 Å². The number of pyridine rings is 1. The Hall–Kier alpha value is -1.51. The molecule has 1 aromatic rings. The highest BCUT2D eigenvalue weighted by Crippen LogP contribution is 2.29. The zero-order valence-electron chi connectivity index (χ0n) is 10.6. The Morgan fingerprint density at radius 2 is 2.15 bits per heavy atom. The van der Waals surface area contributed by atoms with E-state index in [2.05, 4.69) is 15.6 Å². The summed E-state index contributed by atoms with van der Waals surface area (Å²) in [5.41, 5.74) is -4.37. The SMILES string of the molecule is CCNc1ncc(F)cc1C(=O)NCCSC(F)(F)F. The molecule has 2 N–H and O–H groups in total. The molecule has 1 aromatic heterocycles. The van der Waals surface area contributed by atoms with Crippen molar-refractivity contribution in [3.63, 3.8) is 0 Å². The van der Waals surface area contributed by atoms with Crippen LogP contribution in [0.3, 0.4) is 0 Å². The van der Waals surface area contributed by atoms with Crippen LogP contribution < -0.4 is 10.6 Å². The van der Waals surface area contributed by atoms with Crippen LogP contribution >= 0.6 is 11.8 Å². The van der Waals surface area contributed by atoms with Crippen molar-refractivity contribution in [3.05, 3.63) is 23.6 Å². The van der Waals surface area contributed by atoms with E-state index in [-0.39, 0.29) is 35.4 Å². The topological polar surface area (TPSA) is 54.0 Å². The van der Waals surface area contributed by atoms with Crippen molar-refractivity contribution < 1.29 is 22.4 Å². The van der Waals surface area contributed by atoms with Crippen molar-refractivity contribution in [3.8, 4) is 0 Å². The van der Waals surface area contributed by atoms with Gasteiger partial charge in [-0.3, -0.25) is 4.79 Å². The van der Waals surface area contributed by atoms with E-state index in [0.717, 1.165) is 12.3 Å². The number of carbonyl (C=O) groups is 1. The summed E-state index contributed by atoms with van der Waals surface area (Å²) >= 11 is -0.232. The van der Waals surface area contributed by atoms with Crippen LogP contribution in [0.2, 0.25) is 0 Å². The highest BCUT2D eigenvalue weighted by molar-refractivity contribution is 8.00. The van der Waals surface area contributed by atoms with Crippen LogP contribution in [0.15, 0.2) is 12.3 Å². The molecule has 0 aliphatic rings. The van der Waals surface area contributed by atoms with Gasteiger partial charge in [0.15, 0.2) is 0 Å². The van der Waals surface area contributed by atoms with E-state index in [1.165, 1.54) is 0 Å². The zero-order chi connectivity index (χ0) is 15.2. The van der Waals surface area contributed by atoms with Gasteiger partial charge < -0.3 is 10.6 Å². The molecule has 0 atom stereocenters. The summed E-state index contributed by atoms with van der Waals surface area (Å²) in [6.07, 6.45) is 0.953. The van der Waals surface area contributed by atoms with Crippen LogP contribution in [0.25, 0.3) is 0 Å². The summed E-state index contributed by atoms with van der Waals surface area (Å²) in [5, 5.41) is 5.07. The largest absolute Gasteiger partial charge is 0.441 e. The highest BCUT2D eigenvalue weighted by atomic mass is 32.2. The first kappa shape index (κ1) is 16.5. The number of nitrogens with zero attached hydrogens (tertiary/aromatic N) is 1. The molecule has 1 rings (SSSR count). The quantitative estimate of drug-likeness (QED) is 0.626. The lowest BCUT2D eigenvalue weighted by molar-refractivity contribution is -0.0327. The van der Waals surface area contributed by atoms with Crippen LogP contribution in [0, 0.1) is 5.82 Å². The van der Waals surface area contributed by atoms with Crippen LogP contribution in [-0.4, -0.2) is 35.2 Å². The summed E-state index contributed by atoms with van der Waals surface area (Å²) in [6, 6.07) is 0.983. The Morgan fingerprint density at radius 3 is 2.75 bits per heavy atom. The second-order valence-corrected chi connectivity index (χ2v) is 4.79. The maximum atomic E-state index is 13.1.